The molecule has 10 heteroatoms. The Hall–Kier alpha value is -2.59. The number of carbonyl (C=O) groups is 1. The van der Waals surface area contributed by atoms with Gasteiger partial charge in [-0.1, -0.05) is 32.0 Å². The fraction of sp³-hybridized carbons (Fsp3) is 0.350. The monoisotopic (exact) mass is 444 g/mol. The van der Waals surface area contributed by atoms with Gasteiger partial charge in [0.2, 0.25) is 10.0 Å². The quantitative estimate of drug-likeness (QED) is 0.686. The highest BCUT2D eigenvalue weighted by Crippen LogP contribution is 2.32. The van der Waals surface area contributed by atoms with Gasteiger partial charge in [0.1, 0.15) is 10.6 Å². The third-order valence-electron chi connectivity index (χ3n) is 4.65. The summed E-state index contributed by atoms with van der Waals surface area (Å²) in [7, 11) is -1.32. The van der Waals surface area contributed by atoms with Crippen molar-refractivity contribution in [2.24, 2.45) is 0 Å². The Morgan fingerprint density at radius 3 is 2.27 bits per heavy atom. The minimum absolute atomic E-state index is 0.0350. The summed E-state index contributed by atoms with van der Waals surface area (Å²) < 4.78 is 70.5. The molecule has 164 valence electrons. The summed E-state index contributed by atoms with van der Waals surface area (Å²) in [6.07, 6.45) is -4.46. The number of benzene rings is 2. The van der Waals surface area contributed by atoms with E-state index in [1.54, 1.807) is 19.9 Å². The van der Waals surface area contributed by atoms with E-state index in [2.05, 4.69) is 10.0 Å². The van der Waals surface area contributed by atoms with Crippen molar-refractivity contribution in [2.45, 2.75) is 30.3 Å². The fourth-order valence-electron chi connectivity index (χ4n) is 2.76. The van der Waals surface area contributed by atoms with Crippen LogP contribution in [0, 0.1) is 0 Å². The van der Waals surface area contributed by atoms with E-state index in [1.807, 2.05) is 0 Å². The van der Waals surface area contributed by atoms with Crippen LogP contribution in [0.1, 0.15) is 35.3 Å². The number of rotatable bonds is 7. The molecular weight excluding hydrogens is 421 g/mol. The molecule has 0 spiro atoms. The zero-order chi connectivity index (χ0) is 22.7. The standard InChI is InChI=1S/C20H23F3N2O4S/c1-19(2,14-6-5-7-15(11-14)20(21,22)23)12-25-18(26)13-8-9-16(29-4)17(10-13)30(27,28)24-3/h5-11,24H,12H2,1-4H3,(H,25,26). The molecule has 2 aromatic rings. The number of alkyl halides is 3. The number of hydrogen-bond donors (Lipinski definition) is 2. The van der Waals surface area contributed by atoms with Crippen molar-refractivity contribution in [1.29, 1.82) is 0 Å². The van der Waals surface area contributed by atoms with Gasteiger partial charge in [-0.15, -0.1) is 0 Å². The summed E-state index contributed by atoms with van der Waals surface area (Å²) in [6, 6.07) is 8.86. The third kappa shape index (κ3) is 5.31. The van der Waals surface area contributed by atoms with Gasteiger partial charge in [-0.2, -0.15) is 13.2 Å². The van der Waals surface area contributed by atoms with Gasteiger partial charge in [-0.25, -0.2) is 13.1 Å². The first kappa shape index (κ1) is 23.7. The number of nitrogens with one attached hydrogen (secondary N) is 2. The number of methoxy groups -OCH3 is 1. The molecule has 0 fully saturated rings. The lowest BCUT2D eigenvalue weighted by Crippen LogP contribution is -2.37. The smallest absolute Gasteiger partial charge is 0.416 e. The Morgan fingerprint density at radius 1 is 1.07 bits per heavy atom. The van der Waals surface area contributed by atoms with Crippen LogP contribution in [0.4, 0.5) is 13.2 Å². The number of halogens is 3. The van der Waals surface area contributed by atoms with Crippen LogP contribution in [0.25, 0.3) is 0 Å². The minimum Gasteiger partial charge on any atom is -0.495 e. The van der Waals surface area contributed by atoms with E-state index in [0.717, 1.165) is 12.1 Å². The molecule has 0 atom stereocenters. The fourth-order valence-corrected chi connectivity index (χ4v) is 3.68. The summed E-state index contributed by atoms with van der Waals surface area (Å²) in [5, 5.41) is 2.65. The van der Waals surface area contributed by atoms with E-state index in [1.165, 1.54) is 38.4 Å². The number of hydrogen-bond acceptors (Lipinski definition) is 4. The molecule has 0 bridgehead atoms. The molecule has 2 N–H and O–H groups in total. The Bertz CT molecular complexity index is 1030. The minimum atomic E-state index is -4.46. The van der Waals surface area contributed by atoms with Crippen LogP contribution in [0.3, 0.4) is 0 Å². The summed E-state index contributed by atoms with van der Waals surface area (Å²) in [5.41, 5.74) is -1.09. The van der Waals surface area contributed by atoms with E-state index in [4.69, 9.17) is 4.74 Å². The summed E-state index contributed by atoms with van der Waals surface area (Å²) in [4.78, 5) is 12.4. The highest BCUT2D eigenvalue weighted by molar-refractivity contribution is 7.89. The molecule has 1 amide bonds. The van der Waals surface area contributed by atoms with Gasteiger partial charge in [0.05, 0.1) is 12.7 Å². The van der Waals surface area contributed by atoms with Crippen molar-refractivity contribution in [1.82, 2.24) is 10.0 Å². The first-order valence-corrected chi connectivity index (χ1v) is 10.4. The molecule has 0 radical (unpaired) electrons. The molecule has 30 heavy (non-hydrogen) atoms. The van der Waals surface area contributed by atoms with E-state index in [-0.39, 0.29) is 22.8 Å². The maximum atomic E-state index is 13.0. The number of sulfonamides is 1. The van der Waals surface area contributed by atoms with Crippen LogP contribution in [-0.4, -0.2) is 35.0 Å². The Kier molecular flexibility index (Phi) is 6.83. The second-order valence-corrected chi connectivity index (χ2v) is 9.07. The predicted octanol–water partition coefficient (Wildman–Crippen LogP) is 3.33. The van der Waals surface area contributed by atoms with Crippen molar-refractivity contribution in [3.63, 3.8) is 0 Å². The molecule has 0 heterocycles. The highest BCUT2D eigenvalue weighted by Gasteiger charge is 2.32. The summed E-state index contributed by atoms with van der Waals surface area (Å²) in [6.45, 7) is 3.44. The van der Waals surface area contributed by atoms with E-state index >= 15 is 0 Å². The normalized spacial score (nSPS) is 12.5. The Morgan fingerprint density at radius 2 is 1.70 bits per heavy atom. The molecule has 6 nitrogen and oxygen atoms in total. The SMILES string of the molecule is CNS(=O)(=O)c1cc(C(=O)NCC(C)(C)c2cccc(C(F)(F)F)c2)ccc1OC. The Labute approximate surface area is 173 Å². The lowest BCUT2D eigenvalue weighted by molar-refractivity contribution is -0.137. The van der Waals surface area contributed by atoms with Gasteiger partial charge < -0.3 is 10.1 Å². The molecule has 0 saturated carbocycles. The van der Waals surface area contributed by atoms with E-state index in [0.29, 0.717) is 5.56 Å². The van der Waals surface area contributed by atoms with Crippen LogP contribution in [0.2, 0.25) is 0 Å². The van der Waals surface area contributed by atoms with Crippen molar-refractivity contribution in [2.75, 3.05) is 20.7 Å². The van der Waals surface area contributed by atoms with Crippen LogP contribution in [0.15, 0.2) is 47.4 Å². The maximum absolute atomic E-state index is 13.0. The Balaban J connectivity index is 2.24. The van der Waals surface area contributed by atoms with Gasteiger partial charge in [0.25, 0.3) is 5.91 Å². The number of ether oxygens (including phenoxy) is 1. The molecule has 0 unspecified atom stereocenters. The molecule has 0 aliphatic carbocycles. The van der Waals surface area contributed by atoms with Crippen LogP contribution in [0.5, 0.6) is 5.75 Å². The van der Waals surface area contributed by atoms with Crippen molar-refractivity contribution in [3.8, 4) is 5.75 Å². The van der Waals surface area contributed by atoms with E-state index < -0.39 is 33.1 Å². The molecule has 2 rings (SSSR count). The van der Waals surface area contributed by atoms with Gasteiger partial charge >= 0.3 is 6.18 Å². The molecule has 0 aromatic heterocycles. The van der Waals surface area contributed by atoms with Crippen LogP contribution in [-0.2, 0) is 21.6 Å². The van der Waals surface area contributed by atoms with Crippen molar-refractivity contribution in [3.05, 3.63) is 59.2 Å². The first-order chi connectivity index (χ1) is 13.8. The van der Waals surface area contributed by atoms with Crippen molar-refractivity contribution < 1.29 is 31.1 Å². The van der Waals surface area contributed by atoms with Gasteiger partial charge in [0, 0.05) is 17.5 Å². The summed E-state index contributed by atoms with van der Waals surface area (Å²) >= 11 is 0. The molecule has 2 aromatic carbocycles. The average Bonchev–Trinajstić information content (AvgIpc) is 2.71. The summed E-state index contributed by atoms with van der Waals surface area (Å²) in [5.74, 6) is -0.490. The number of amides is 1. The zero-order valence-electron chi connectivity index (χ0n) is 16.9. The second-order valence-electron chi connectivity index (χ2n) is 7.22. The predicted molar refractivity (Wildman–Crippen MR) is 106 cm³/mol. The molecule has 0 aliphatic rings. The van der Waals surface area contributed by atoms with Crippen LogP contribution >= 0.6 is 0 Å². The zero-order valence-corrected chi connectivity index (χ0v) is 17.7. The second kappa shape index (κ2) is 8.65. The van der Waals surface area contributed by atoms with Crippen molar-refractivity contribution >= 4 is 15.9 Å². The largest absolute Gasteiger partial charge is 0.495 e. The van der Waals surface area contributed by atoms with E-state index in [9.17, 15) is 26.4 Å². The lowest BCUT2D eigenvalue weighted by Gasteiger charge is -2.26. The molecule has 0 saturated heterocycles. The van der Waals surface area contributed by atoms with Crippen LogP contribution < -0.4 is 14.8 Å². The molecule has 0 aliphatic heterocycles. The van der Waals surface area contributed by atoms with Gasteiger partial charge in [-0.3, -0.25) is 4.79 Å². The lowest BCUT2D eigenvalue weighted by atomic mass is 9.83. The van der Waals surface area contributed by atoms with Gasteiger partial charge in [-0.05, 0) is 36.9 Å². The molecular formula is C20H23F3N2O4S. The number of carbonyl (C=O) groups excluding carboxylic acids is 1. The first-order valence-electron chi connectivity index (χ1n) is 8.89. The van der Waals surface area contributed by atoms with Gasteiger partial charge in [0.15, 0.2) is 0 Å². The third-order valence-corrected chi connectivity index (χ3v) is 6.08. The topological polar surface area (TPSA) is 84.5 Å². The highest BCUT2D eigenvalue weighted by atomic mass is 32.2. The maximum Gasteiger partial charge on any atom is 0.416 e. The average molecular weight is 444 g/mol.